The molecular weight excluding hydrogens is 330 g/mol. The lowest BCUT2D eigenvalue weighted by Gasteiger charge is -2.05. The third-order valence-corrected chi connectivity index (χ3v) is 4.81. The average Bonchev–Trinajstić information content (AvgIpc) is 2.86. The maximum Gasteiger partial charge on any atom is 0.263 e. The number of aliphatic imine (C=N–C) groups is 1. The molecule has 7 nitrogen and oxygen atoms in total. The summed E-state index contributed by atoms with van der Waals surface area (Å²) in [4.78, 5) is 8.80. The van der Waals surface area contributed by atoms with Crippen molar-refractivity contribution in [3.63, 3.8) is 0 Å². The first-order valence-electron chi connectivity index (χ1n) is 7.33. The normalized spacial score (nSPS) is 16.6. The van der Waals surface area contributed by atoms with Crippen molar-refractivity contribution in [3.8, 4) is 5.88 Å². The number of nitrogens with zero attached hydrogens (tertiary/aromatic N) is 2. The first-order chi connectivity index (χ1) is 11.6. The molecule has 0 amide bonds. The minimum atomic E-state index is -3.51. The van der Waals surface area contributed by atoms with Crippen molar-refractivity contribution in [2.75, 3.05) is 20.3 Å². The first-order valence-corrected chi connectivity index (χ1v) is 8.82. The Labute approximate surface area is 140 Å². The van der Waals surface area contributed by atoms with Crippen LogP contribution < -0.4 is 9.46 Å². The van der Waals surface area contributed by atoms with Gasteiger partial charge in [0.05, 0.1) is 18.0 Å². The van der Waals surface area contributed by atoms with Crippen molar-refractivity contribution < 1.29 is 17.9 Å². The van der Waals surface area contributed by atoms with Gasteiger partial charge < -0.3 is 9.47 Å². The second-order valence-electron chi connectivity index (χ2n) is 5.11. The van der Waals surface area contributed by atoms with Crippen molar-refractivity contribution in [1.29, 1.82) is 0 Å². The van der Waals surface area contributed by atoms with Crippen LogP contribution in [-0.4, -0.2) is 39.6 Å². The minimum Gasteiger partial charge on any atom is -0.475 e. The van der Waals surface area contributed by atoms with Crippen LogP contribution in [0.4, 0.5) is 0 Å². The van der Waals surface area contributed by atoms with Crippen LogP contribution in [0.3, 0.4) is 0 Å². The fourth-order valence-corrected chi connectivity index (χ4v) is 3.49. The molecule has 24 heavy (non-hydrogen) atoms. The molecule has 1 aromatic carbocycles. The summed E-state index contributed by atoms with van der Waals surface area (Å²) < 4.78 is 36.8. The highest BCUT2D eigenvalue weighted by Gasteiger charge is 2.29. The summed E-state index contributed by atoms with van der Waals surface area (Å²) in [6, 6.07) is 10.4. The predicted octanol–water partition coefficient (Wildman–Crippen LogP) is 1.35. The number of hydrogen-bond donors (Lipinski definition) is 1. The Morgan fingerprint density at radius 1 is 1.17 bits per heavy atom. The number of sulfonamides is 1. The van der Waals surface area contributed by atoms with E-state index in [1.807, 2.05) is 6.07 Å². The van der Waals surface area contributed by atoms with Crippen LogP contribution in [0, 0.1) is 0 Å². The zero-order valence-electron chi connectivity index (χ0n) is 13.1. The molecule has 0 bridgehead atoms. The molecule has 3 rings (SSSR count). The van der Waals surface area contributed by atoms with Gasteiger partial charge in [-0.3, -0.25) is 9.71 Å². The molecule has 1 N–H and O–H groups in total. The van der Waals surface area contributed by atoms with Gasteiger partial charge in [0.15, 0.2) is 0 Å². The number of nitrogens with one attached hydrogen (secondary N) is 1. The third-order valence-electron chi connectivity index (χ3n) is 3.42. The highest BCUT2D eigenvalue weighted by molar-refractivity contribution is 7.90. The van der Waals surface area contributed by atoms with Crippen LogP contribution in [0.25, 0.3) is 0 Å². The van der Waals surface area contributed by atoms with Crippen LogP contribution in [-0.2, 0) is 21.3 Å². The Kier molecular flexibility index (Phi) is 4.77. The van der Waals surface area contributed by atoms with Crippen LogP contribution in [0.5, 0.6) is 5.88 Å². The zero-order valence-corrected chi connectivity index (χ0v) is 13.9. The van der Waals surface area contributed by atoms with Crippen LogP contribution >= 0.6 is 0 Å². The summed E-state index contributed by atoms with van der Waals surface area (Å²) in [5.74, 6) is 0.862. The number of rotatable bonds is 6. The lowest BCUT2D eigenvalue weighted by atomic mass is 10.2. The van der Waals surface area contributed by atoms with Gasteiger partial charge in [-0.15, -0.1) is 0 Å². The monoisotopic (exact) mass is 347 g/mol. The number of aromatic nitrogens is 1. The molecule has 0 spiro atoms. The number of amidine groups is 1. The summed E-state index contributed by atoms with van der Waals surface area (Å²) in [6.07, 6.45) is 1.65. The first kappa shape index (κ1) is 16.4. The molecule has 0 fully saturated rings. The van der Waals surface area contributed by atoms with Crippen LogP contribution in [0.15, 0.2) is 52.5 Å². The van der Waals surface area contributed by atoms with E-state index < -0.39 is 10.0 Å². The zero-order chi connectivity index (χ0) is 17.0. The van der Waals surface area contributed by atoms with E-state index in [9.17, 15) is 8.42 Å². The van der Waals surface area contributed by atoms with Gasteiger partial charge >= 0.3 is 0 Å². The second-order valence-corrected chi connectivity index (χ2v) is 6.76. The van der Waals surface area contributed by atoms with Crippen molar-refractivity contribution in [1.82, 2.24) is 9.71 Å². The molecule has 1 aliphatic heterocycles. The van der Waals surface area contributed by atoms with Crippen LogP contribution in [0.2, 0.25) is 0 Å². The van der Waals surface area contributed by atoms with Gasteiger partial charge in [0, 0.05) is 24.9 Å². The Morgan fingerprint density at radius 2 is 2.00 bits per heavy atom. The quantitative estimate of drug-likeness (QED) is 0.797. The molecule has 0 radical (unpaired) electrons. The summed E-state index contributed by atoms with van der Waals surface area (Å²) in [7, 11) is -1.90. The SMILES string of the molecule is COCCOc1ccc(CN=C2NS(=O)(=O)c3ccccc32)cn1. The fourth-order valence-electron chi connectivity index (χ4n) is 2.24. The molecule has 0 aliphatic carbocycles. The number of methoxy groups -OCH3 is 1. The Morgan fingerprint density at radius 3 is 2.75 bits per heavy atom. The minimum absolute atomic E-state index is 0.253. The van der Waals surface area contributed by atoms with Gasteiger partial charge in [0.1, 0.15) is 12.4 Å². The fraction of sp³-hybridized carbons (Fsp3) is 0.250. The molecule has 2 aromatic rings. The molecule has 0 atom stereocenters. The number of pyridine rings is 1. The predicted molar refractivity (Wildman–Crippen MR) is 88.6 cm³/mol. The lowest BCUT2D eigenvalue weighted by molar-refractivity contribution is 0.143. The van der Waals surface area contributed by atoms with Crippen molar-refractivity contribution >= 4 is 15.9 Å². The Hall–Kier alpha value is -2.45. The van der Waals surface area contributed by atoms with E-state index in [0.29, 0.717) is 37.0 Å². The van der Waals surface area contributed by atoms with Crippen molar-refractivity contribution in [2.24, 2.45) is 4.99 Å². The number of fused-ring (bicyclic) bond motifs is 1. The van der Waals surface area contributed by atoms with E-state index in [1.165, 1.54) is 0 Å². The molecule has 0 unspecified atom stereocenters. The third kappa shape index (κ3) is 3.55. The smallest absolute Gasteiger partial charge is 0.263 e. The average molecular weight is 347 g/mol. The summed E-state index contributed by atoms with van der Waals surface area (Å²) in [5.41, 5.74) is 1.44. The van der Waals surface area contributed by atoms with Crippen LogP contribution in [0.1, 0.15) is 11.1 Å². The molecule has 1 aromatic heterocycles. The summed E-state index contributed by atoms with van der Waals surface area (Å²) in [6.45, 7) is 1.25. The molecule has 0 saturated heterocycles. The van der Waals surface area contributed by atoms with Crippen molar-refractivity contribution in [2.45, 2.75) is 11.4 Å². The van der Waals surface area contributed by atoms with E-state index in [4.69, 9.17) is 9.47 Å². The van der Waals surface area contributed by atoms with E-state index in [-0.39, 0.29) is 4.90 Å². The molecule has 1 aliphatic rings. The second kappa shape index (κ2) is 6.98. The number of ether oxygens (including phenoxy) is 2. The topological polar surface area (TPSA) is 89.9 Å². The van der Waals surface area contributed by atoms with E-state index >= 15 is 0 Å². The molecule has 0 saturated carbocycles. The lowest BCUT2D eigenvalue weighted by Crippen LogP contribution is -2.22. The summed E-state index contributed by atoms with van der Waals surface area (Å²) in [5, 5.41) is 0. The molecule has 2 heterocycles. The molecular formula is C16H17N3O4S. The van der Waals surface area contributed by atoms with Gasteiger partial charge in [-0.25, -0.2) is 13.4 Å². The highest BCUT2D eigenvalue weighted by atomic mass is 32.2. The maximum atomic E-state index is 12.0. The Balaban J connectivity index is 1.71. The van der Waals surface area contributed by atoms with E-state index in [1.54, 1.807) is 43.6 Å². The maximum absolute atomic E-state index is 12.0. The summed E-state index contributed by atoms with van der Waals surface area (Å²) >= 11 is 0. The van der Waals surface area contributed by atoms with E-state index in [0.717, 1.165) is 5.56 Å². The van der Waals surface area contributed by atoms with Gasteiger partial charge in [-0.1, -0.05) is 18.2 Å². The van der Waals surface area contributed by atoms with Gasteiger partial charge in [-0.05, 0) is 17.7 Å². The van der Waals surface area contributed by atoms with Crippen molar-refractivity contribution in [3.05, 3.63) is 53.7 Å². The van der Waals surface area contributed by atoms with E-state index in [2.05, 4.69) is 14.7 Å². The number of hydrogen-bond acceptors (Lipinski definition) is 6. The van der Waals surface area contributed by atoms with Gasteiger partial charge in [-0.2, -0.15) is 0 Å². The highest BCUT2D eigenvalue weighted by Crippen LogP contribution is 2.22. The molecule has 126 valence electrons. The van der Waals surface area contributed by atoms with Gasteiger partial charge in [0.2, 0.25) is 5.88 Å². The molecule has 8 heteroatoms. The van der Waals surface area contributed by atoms with Gasteiger partial charge in [0.25, 0.3) is 10.0 Å². The standard InChI is InChI=1S/C16H17N3O4S/c1-22-8-9-23-15-7-6-12(10-17-15)11-18-16-13-4-2-3-5-14(13)24(20,21)19-16/h2-7,10H,8-9,11H2,1H3,(H,18,19). The number of benzene rings is 1. The Bertz CT molecular complexity index is 848. The largest absolute Gasteiger partial charge is 0.475 e.